The Kier molecular flexibility index (Phi) is 6.67. The fourth-order valence-corrected chi connectivity index (χ4v) is 3.10. The number of rotatable bonds is 8. The molecule has 6 nitrogen and oxygen atoms in total. The smallest absolute Gasteiger partial charge is 0.232 e. The van der Waals surface area contributed by atoms with E-state index in [0.29, 0.717) is 24.5 Å². The van der Waals surface area contributed by atoms with Crippen molar-refractivity contribution in [2.75, 3.05) is 37.3 Å². The van der Waals surface area contributed by atoms with Crippen molar-refractivity contribution >= 4 is 21.6 Å². The first-order chi connectivity index (χ1) is 10.3. The van der Waals surface area contributed by atoms with E-state index in [2.05, 4.69) is 0 Å². The Hall–Kier alpha value is -1.76. The molecule has 1 aromatic rings. The summed E-state index contributed by atoms with van der Waals surface area (Å²) in [6.45, 7) is 5.15. The van der Waals surface area contributed by atoms with Crippen LogP contribution in [0.4, 0.5) is 5.69 Å². The fraction of sp³-hybridized carbons (Fsp3) is 0.533. The molecule has 0 saturated heterocycles. The first-order valence-corrected chi connectivity index (χ1v) is 9.07. The number of ether oxygens (including phenoxy) is 1. The van der Waals surface area contributed by atoms with Crippen molar-refractivity contribution in [3.8, 4) is 5.75 Å². The third-order valence-electron chi connectivity index (χ3n) is 3.39. The predicted octanol–water partition coefficient (Wildman–Crippen LogP) is 1.72. The second-order valence-corrected chi connectivity index (χ2v) is 6.76. The van der Waals surface area contributed by atoms with E-state index in [1.807, 2.05) is 13.8 Å². The highest BCUT2D eigenvalue weighted by molar-refractivity contribution is 7.92. The van der Waals surface area contributed by atoms with Gasteiger partial charge in [0.15, 0.2) is 0 Å². The Labute approximate surface area is 132 Å². The molecule has 22 heavy (non-hydrogen) atoms. The van der Waals surface area contributed by atoms with Gasteiger partial charge in [-0.05, 0) is 26.0 Å². The van der Waals surface area contributed by atoms with Crippen molar-refractivity contribution in [2.24, 2.45) is 0 Å². The number of sulfonamides is 1. The number of amides is 1. The second-order valence-electron chi connectivity index (χ2n) is 4.85. The van der Waals surface area contributed by atoms with Crippen molar-refractivity contribution < 1.29 is 17.9 Å². The lowest BCUT2D eigenvalue weighted by atomic mass is 10.3. The highest BCUT2D eigenvalue weighted by atomic mass is 32.2. The molecule has 0 bridgehead atoms. The summed E-state index contributed by atoms with van der Waals surface area (Å²) in [5.41, 5.74) is 0.495. The van der Waals surface area contributed by atoms with Gasteiger partial charge in [0.05, 0.1) is 19.1 Å². The van der Waals surface area contributed by atoms with Crippen molar-refractivity contribution in [2.45, 2.75) is 20.3 Å². The molecule has 0 spiro atoms. The Morgan fingerprint density at radius 2 is 1.86 bits per heavy atom. The third kappa shape index (κ3) is 4.91. The standard InChI is InChI=1S/C15H24N2O4S/c1-5-16(6-2)15(18)10-11-17(22(4,19)20)13-8-7-9-14(12-13)21-3/h7-9,12H,5-6,10-11H2,1-4H3. The highest BCUT2D eigenvalue weighted by Gasteiger charge is 2.20. The van der Waals surface area contributed by atoms with E-state index in [0.717, 1.165) is 6.26 Å². The number of hydrogen-bond acceptors (Lipinski definition) is 4. The van der Waals surface area contributed by atoms with Gasteiger partial charge >= 0.3 is 0 Å². The summed E-state index contributed by atoms with van der Waals surface area (Å²) in [5, 5.41) is 0. The Morgan fingerprint density at radius 1 is 1.23 bits per heavy atom. The van der Waals surface area contributed by atoms with E-state index in [9.17, 15) is 13.2 Å². The average molecular weight is 328 g/mol. The number of anilines is 1. The summed E-state index contributed by atoms with van der Waals surface area (Å²) in [6.07, 6.45) is 1.28. The molecule has 0 aromatic heterocycles. The van der Waals surface area contributed by atoms with Gasteiger partial charge in [0, 0.05) is 32.1 Å². The molecule has 1 rings (SSSR count). The average Bonchev–Trinajstić information content (AvgIpc) is 2.47. The van der Waals surface area contributed by atoms with Crippen LogP contribution < -0.4 is 9.04 Å². The quantitative estimate of drug-likeness (QED) is 0.729. The molecule has 0 aliphatic rings. The first-order valence-electron chi connectivity index (χ1n) is 7.23. The maximum atomic E-state index is 12.1. The van der Waals surface area contributed by atoms with Crippen LogP contribution in [-0.4, -0.2) is 52.2 Å². The summed E-state index contributed by atoms with van der Waals surface area (Å²) in [4.78, 5) is 13.8. The topological polar surface area (TPSA) is 66.9 Å². The first kappa shape index (κ1) is 18.3. The molecule has 1 aromatic carbocycles. The van der Waals surface area contributed by atoms with Gasteiger partial charge in [-0.1, -0.05) is 6.07 Å². The molecule has 0 aliphatic carbocycles. The summed E-state index contributed by atoms with van der Waals surface area (Å²) in [5.74, 6) is 0.516. The van der Waals surface area contributed by atoms with E-state index in [4.69, 9.17) is 4.74 Å². The molecule has 0 unspecified atom stereocenters. The van der Waals surface area contributed by atoms with Crippen LogP contribution in [-0.2, 0) is 14.8 Å². The zero-order chi connectivity index (χ0) is 16.8. The molecule has 1 amide bonds. The lowest BCUT2D eigenvalue weighted by Crippen LogP contribution is -2.36. The summed E-state index contributed by atoms with van der Waals surface area (Å²) < 4.78 is 30.4. The molecule has 7 heteroatoms. The molecule has 0 fully saturated rings. The predicted molar refractivity (Wildman–Crippen MR) is 87.7 cm³/mol. The minimum absolute atomic E-state index is 0.0541. The monoisotopic (exact) mass is 328 g/mol. The molecule has 124 valence electrons. The Morgan fingerprint density at radius 3 is 2.36 bits per heavy atom. The maximum absolute atomic E-state index is 12.1. The van der Waals surface area contributed by atoms with Gasteiger partial charge in [-0.2, -0.15) is 0 Å². The number of carbonyl (C=O) groups excluding carboxylic acids is 1. The van der Waals surface area contributed by atoms with E-state index in [1.54, 1.807) is 29.2 Å². The van der Waals surface area contributed by atoms with Crippen molar-refractivity contribution in [1.82, 2.24) is 4.90 Å². The fourth-order valence-electron chi connectivity index (χ4n) is 2.18. The number of nitrogens with zero attached hydrogens (tertiary/aromatic N) is 2. The van der Waals surface area contributed by atoms with Crippen LogP contribution in [0.5, 0.6) is 5.75 Å². The van der Waals surface area contributed by atoms with Crippen LogP contribution >= 0.6 is 0 Å². The number of carbonyl (C=O) groups is 1. The van der Waals surface area contributed by atoms with Gasteiger partial charge < -0.3 is 9.64 Å². The van der Waals surface area contributed by atoms with Crippen LogP contribution in [0.15, 0.2) is 24.3 Å². The van der Waals surface area contributed by atoms with Crippen LogP contribution in [0.1, 0.15) is 20.3 Å². The molecule has 0 N–H and O–H groups in total. The third-order valence-corrected chi connectivity index (χ3v) is 4.58. The molecule has 0 aliphatic heterocycles. The zero-order valence-electron chi connectivity index (χ0n) is 13.6. The summed E-state index contributed by atoms with van der Waals surface area (Å²) in [7, 11) is -1.95. The lowest BCUT2D eigenvalue weighted by Gasteiger charge is -2.24. The van der Waals surface area contributed by atoms with Crippen LogP contribution in [0.3, 0.4) is 0 Å². The maximum Gasteiger partial charge on any atom is 0.232 e. The van der Waals surface area contributed by atoms with Gasteiger partial charge in [-0.3, -0.25) is 9.10 Å². The van der Waals surface area contributed by atoms with Gasteiger partial charge in [-0.15, -0.1) is 0 Å². The van der Waals surface area contributed by atoms with Gasteiger partial charge in [0.1, 0.15) is 5.75 Å². The van der Waals surface area contributed by atoms with E-state index in [1.165, 1.54) is 11.4 Å². The SMILES string of the molecule is CCN(CC)C(=O)CCN(c1cccc(OC)c1)S(C)(=O)=O. The summed E-state index contributed by atoms with van der Waals surface area (Å²) in [6, 6.07) is 6.79. The van der Waals surface area contributed by atoms with Crippen molar-refractivity contribution in [3.05, 3.63) is 24.3 Å². The van der Waals surface area contributed by atoms with Crippen LogP contribution in [0.25, 0.3) is 0 Å². The number of hydrogen-bond donors (Lipinski definition) is 0. The van der Waals surface area contributed by atoms with Crippen LogP contribution in [0.2, 0.25) is 0 Å². The minimum Gasteiger partial charge on any atom is -0.497 e. The molecular formula is C15H24N2O4S. The summed E-state index contributed by atoms with van der Waals surface area (Å²) >= 11 is 0. The second kappa shape index (κ2) is 8.03. The molecular weight excluding hydrogens is 304 g/mol. The van der Waals surface area contributed by atoms with E-state index < -0.39 is 10.0 Å². The largest absolute Gasteiger partial charge is 0.497 e. The van der Waals surface area contributed by atoms with Crippen molar-refractivity contribution in [1.29, 1.82) is 0 Å². The number of benzene rings is 1. The Bertz CT molecular complexity index is 597. The van der Waals surface area contributed by atoms with Crippen LogP contribution in [0, 0.1) is 0 Å². The van der Waals surface area contributed by atoms with E-state index >= 15 is 0 Å². The number of methoxy groups -OCH3 is 1. The Balaban J connectivity index is 2.93. The highest BCUT2D eigenvalue weighted by Crippen LogP contribution is 2.23. The van der Waals surface area contributed by atoms with Crippen molar-refractivity contribution in [3.63, 3.8) is 0 Å². The van der Waals surface area contributed by atoms with Gasteiger partial charge in [-0.25, -0.2) is 8.42 Å². The van der Waals surface area contributed by atoms with Gasteiger partial charge in [0.2, 0.25) is 15.9 Å². The normalized spacial score (nSPS) is 11.1. The molecule has 0 heterocycles. The molecule has 0 saturated carbocycles. The van der Waals surface area contributed by atoms with Gasteiger partial charge in [0.25, 0.3) is 0 Å². The lowest BCUT2D eigenvalue weighted by molar-refractivity contribution is -0.130. The zero-order valence-corrected chi connectivity index (χ0v) is 14.4. The molecule has 0 atom stereocenters. The minimum atomic E-state index is -3.47. The molecule has 0 radical (unpaired) electrons. The van der Waals surface area contributed by atoms with E-state index in [-0.39, 0.29) is 18.9 Å².